The summed E-state index contributed by atoms with van der Waals surface area (Å²) < 4.78 is 13.2. The molecule has 24 heavy (non-hydrogen) atoms. The molecule has 128 valence electrons. The highest BCUT2D eigenvalue weighted by molar-refractivity contribution is 5.77. The first kappa shape index (κ1) is 16.6. The molecule has 0 fully saturated rings. The fourth-order valence-corrected chi connectivity index (χ4v) is 2.78. The molecular weight excluding hydrogens is 308 g/mol. The number of imidazole rings is 1. The molecule has 3 heterocycles. The van der Waals surface area contributed by atoms with Crippen molar-refractivity contribution in [2.24, 2.45) is 0 Å². The molecule has 2 aromatic rings. The monoisotopic (exact) mass is 330 g/mol. The first-order valence-electron chi connectivity index (χ1n) is 8.10. The molecule has 0 saturated heterocycles. The van der Waals surface area contributed by atoms with Crippen molar-refractivity contribution in [3.8, 4) is 0 Å². The second-order valence-electron chi connectivity index (χ2n) is 5.73. The predicted molar refractivity (Wildman–Crippen MR) is 87.1 cm³/mol. The Morgan fingerprint density at radius 1 is 1.29 bits per heavy atom. The Balaban J connectivity index is 1.60. The zero-order valence-electron chi connectivity index (χ0n) is 13.8. The molecule has 1 amide bonds. The number of carbonyl (C=O) groups is 1. The predicted octanol–water partition coefficient (Wildman–Crippen LogP) is 1.41. The summed E-state index contributed by atoms with van der Waals surface area (Å²) in [6.45, 7) is 4.75. The third kappa shape index (κ3) is 3.98. The van der Waals surface area contributed by atoms with E-state index in [1.54, 1.807) is 24.9 Å². The summed E-state index contributed by atoms with van der Waals surface area (Å²) >= 11 is 0. The van der Waals surface area contributed by atoms with Crippen LogP contribution >= 0.6 is 0 Å². The maximum atomic E-state index is 12.3. The fourth-order valence-electron chi connectivity index (χ4n) is 2.78. The van der Waals surface area contributed by atoms with Crippen LogP contribution in [0.4, 0.5) is 0 Å². The number of fused-ring (bicyclic) bond motifs is 1. The number of pyridine rings is 1. The number of aromatic nitrogens is 3. The minimum Gasteiger partial charge on any atom is -0.375 e. The largest absolute Gasteiger partial charge is 0.375 e. The maximum Gasteiger partial charge on any atom is 0.248 e. The van der Waals surface area contributed by atoms with Crippen molar-refractivity contribution in [2.45, 2.75) is 26.1 Å². The van der Waals surface area contributed by atoms with E-state index in [9.17, 15) is 4.79 Å². The summed E-state index contributed by atoms with van der Waals surface area (Å²) in [7, 11) is 0. The van der Waals surface area contributed by atoms with Crippen LogP contribution in [0, 0.1) is 0 Å². The van der Waals surface area contributed by atoms with Crippen molar-refractivity contribution in [2.75, 3.05) is 26.4 Å². The smallest absolute Gasteiger partial charge is 0.248 e. The van der Waals surface area contributed by atoms with Crippen LogP contribution in [0.15, 0.2) is 37.1 Å². The first-order valence-corrected chi connectivity index (χ1v) is 8.10. The Labute approximate surface area is 141 Å². The molecule has 0 spiro atoms. The molecule has 3 rings (SSSR count). The Morgan fingerprint density at radius 2 is 2.12 bits per heavy atom. The molecule has 7 heteroatoms. The molecule has 1 atom stereocenters. The molecule has 0 saturated carbocycles. The van der Waals surface area contributed by atoms with Gasteiger partial charge in [-0.2, -0.15) is 0 Å². The summed E-state index contributed by atoms with van der Waals surface area (Å²) in [5, 5.41) is 0. The average Bonchev–Trinajstić information content (AvgIpc) is 3.09. The van der Waals surface area contributed by atoms with Crippen molar-refractivity contribution >= 4 is 5.91 Å². The van der Waals surface area contributed by atoms with Crippen molar-refractivity contribution in [3.63, 3.8) is 0 Å². The minimum atomic E-state index is 0.00318. The van der Waals surface area contributed by atoms with E-state index in [0.29, 0.717) is 32.9 Å². The van der Waals surface area contributed by atoms with Crippen molar-refractivity contribution in [1.29, 1.82) is 0 Å². The van der Waals surface area contributed by atoms with Gasteiger partial charge in [-0.3, -0.25) is 9.78 Å². The first-order chi connectivity index (χ1) is 11.8. The van der Waals surface area contributed by atoms with Crippen molar-refractivity contribution < 1.29 is 14.3 Å². The van der Waals surface area contributed by atoms with Gasteiger partial charge in [0.2, 0.25) is 5.91 Å². The van der Waals surface area contributed by atoms with Gasteiger partial charge < -0.3 is 18.9 Å². The van der Waals surface area contributed by atoms with Crippen LogP contribution in [-0.2, 0) is 27.4 Å². The van der Waals surface area contributed by atoms with Crippen LogP contribution in [-0.4, -0.2) is 51.7 Å². The normalized spacial score (nSPS) is 16.9. The van der Waals surface area contributed by atoms with Crippen molar-refractivity contribution in [3.05, 3.63) is 48.3 Å². The highest BCUT2D eigenvalue weighted by Gasteiger charge is 2.28. The second-order valence-corrected chi connectivity index (χ2v) is 5.73. The van der Waals surface area contributed by atoms with Crippen LogP contribution in [0.25, 0.3) is 0 Å². The van der Waals surface area contributed by atoms with Gasteiger partial charge >= 0.3 is 0 Å². The molecule has 7 nitrogen and oxygen atoms in total. The van der Waals surface area contributed by atoms with Crippen molar-refractivity contribution in [1.82, 2.24) is 19.4 Å². The highest BCUT2D eigenvalue weighted by Crippen LogP contribution is 2.21. The van der Waals surface area contributed by atoms with Gasteiger partial charge in [-0.25, -0.2) is 4.98 Å². The SMILES string of the molecule is CCOCC(=O)N1Cc2cncn2C(COCc2ccncc2)C1. The highest BCUT2D eigenvalue weighted by atomic mass is 16.5. The van der Waals surface area contributed by atoms with E-state index in [2.05, 4.69) is 14.5 Å². The second kappa shape index (κ2) is 8.03. The Bertz CT molecular complexity index is 659. The minimum absolute atomic E-state index is 0.00318. The van der Waals surface area contributed by atoms with Crippen LogP contribution in [0.2, 0.25) is 0 Å². The summed E-state index contributed by atoms with van der Waals surface area (Å²) in [6.07, 6.45) is 7.11. The number of ether oxygens (including phenoxy) is 2. The van der Waals surface area contributed by atoms with Crippen LogP contribution in [0.5, 0.6) is 0 Å². The molecule has 0 bridgehead atoms. The number of hydrogen-bond acceptors (Lipinski definition) is 5. The van der Waals surface area contributed by atoms with Gasteiger partial charge in [0.25, 0.3) is 0 Å². The van der Waals surface area contributed by atoms with Gasteiger partial charge in [0.05, 0.1) is 37.8 Å². The molecule has 1 aliphatic heterocycles. The number of carbonyl (C=O) groups excluding carboxylic acids is 1. The molecule has 0 aliphatic carbocycles. The lowest BCUT2D eigenvalue weighted by atomic mass is 10.2. The third-order valence-electron chi connectivity index (χ3n) is 4.03. The quantitative estimate of drug-likeness (QED) is 0.768. The number of rotatable bonds is 7. The van der Waals surface area contributed by atoms with Gasteiger partial charge in [-0.15, -0.1) is 0 Å². The molecule has 0 aromatic carbocycles. The average molecular weight is 330 g/mol. The van der Waals surface area contributed by atoms with E-state index < -0.39 is 0 Å². The van der Waals surface area contributed by atoms with E-state index in [1.807, 2.05) is 24.0 Å². The summed E-state index contributed by atoms with van der Waals surface area (Å²) in [6, 6.07) is 3.92. The zero-order valence-corrected chi connectivity index (χ0v) is 13.8. The lowest BCUT2D eigenvalue weighted by molar-refractivity contribution is -0.138. The lowest BCUT2D eigenvalue weighted by Crippen LogP contribution is -2.43. The molecular formula is C17H22N4O3. The summed E-state index contributed by atoms with van der Waals surface area (Å²) in [5.74, 6) is 0.00318. The zero-order chi connectivity index (χ0) is 16.8. The Kier molecular flexibility index (Phi) is 5.55. The standard InChI is InChI=1S/C17H22N4O3/c1-2-23-12-17(22)20-8-15-7-19-13-21(15)16(9-20)11-24-10-14-3-5-18-6-4-14/h3-7,13,16H,2,8-12H2,1H3. The summed E-state index contributed by atoms with van der Waals surface area (Å²) in [4.78, 5) is 22.3. The number of amides is 1. The Morgan fingerprint density at radius 3 is 2.92 bits per heavy atom. The summed E-state index contributed by atoms with van der Waals surface area (Å²) in [5.41, 5.74) is 2.10. The molecule has 1 aliphatic rings. The van der Waals surface area contributed by atoms with E-state index >= 15 is 0 Å². The van der Waals surface area contributed by atoms with Crippen LogP contribution in [0.1, 0.15) is 24.2 Å². The van der Waals surface area contributed by atoms with Gasteiger partial charge in [-0.1, -0.05) is 0 Å². The topological polar surface area (TPSA) is 69.5 Å². The van der Waals surface area contributed by atoms with Gasteiger partial charge in [0, 0.05) is 31.7 Å². The van der Waals surface area contributed by atoms with E-state index in [4.69, 9.17) is 9.47 Å². The lowest BCUT2D eigenvalue weighted by Gasteiger charge is -2.34. The van der Waals surface area contributed by atoms with Crippen LogP contribution < -0.4 is 0 Å². The fraction of sp³-hybridized carbons (Fsp3) is 0.471. The van der Waals surface area contributed by atoms with E-state index in [1.165, 1.54) is 0 Å². The van der Waals surface area contributed by atoms with Crippen LogP contribution in [0.3, 0.4) is 0 Å². The van der Waals surface area contributed by atoms with E-state index in [-0.39, 0.29) is 18.6 Å². The van der Waals surface area contributed by atoms with E-state index in [0.717, 1.165) is 11.3 Å². The maximum absolute atomic E-state index is 12.3. The molecule has 0 radical (unpaired) electrons. The Hall–Kier alpha value is -2.25. The number of nitrogens with zero attached hydrogens (tertiary/aromatic N) is 4. The van der Waals surface area contributed by atoms with Gasteiger partial charge in [-0.05, 0) is 24.6 Å². The number of hydrogen-bond donors (Lipinski definition) is 0. The molecule has 2 aromatic heterocycles. The molecule has 1 unspecified atom stereocenters. The molecule has 0 N–H and O–H groups in total. The third-order valence-corrected chi connectivity index (χ3v) is 4.03. The van der Waals surface area contributed by atoms with Gasteiger partial charge in [0.1, 0.15) is 6.61 Å². The van der Waals surface area contributed by atoms with Gasteiger partial charge in [0.15, 0.2) is 0 Å².